The second-order valence-corrected chi connectivity index (χ2v) is 5.78. The van der Waals surface area contributed by atoms with Crippen LogP contribution in [-0.2, 0) is 7.05 Å². The van der Waals surface area contributed by atoms with E-state index in [4.69, 9.17) is 0 Å². The lowest BCUT2D eigenvalue weighted by atomic mass is 10.1. The van der Waals surface area contributed by atoms with E-state index in [-0.39, 0.29) is 5.82 Å². The summed E-state index contributed by atoms with van der Waals surface area (Å²) in [6.07, 6.45) is 4.04. The fourth-order valence-corrected chi connectivity index (χ4v) is 2.81. The molecule has 0 aliphatic heterocycles. The molecule has 0 aliphatic rings. The van der Waals surface area contributed by atoms with Gasteiger partial charge in [-0.05, 0) is 36.8 Å². The summed E-state index contributed by atoms with van der Waals surface area (Å²) >= 11 is 0. The molecule has 0 radical (unpaired) electrons. The first-order valence-electron chi connectivity index (χ1n) is 7.49. The molecular formula is C19H16FN3. The van der Waals surface area contributed by atoms with Crippen LogP contribution in [0.5, 0.6) is 0 Å². The highest BCUT2D eigenvalue weighted by molar-refractivity contribution is 5.67. The Morgan fingerprint density at radius 1 is 0.870 bits per heavy atom. The molecule has 0 unspecified atom stereocenters. The Balaban J connectivity index is 1.80. The second-order valence-electron chi connectivity index (χ2n) is 5.78. The number of aryl methyl sites for hydroxylation is 2. The van der Waals surface area contributed by atoms with E-state index in [9.17, 15) is 4.39 Å². The molecule has 0 atom stereocenters. The Bertz CT molecular complexity index is 976. The number of halogens is 1. The minimum atomic E-state index is -0.237. The quantitative estimate of drug-likeness (QED) is 0.536. The van der Waals surface area contributed by atoms with Gasteiger partial charge in [0.25, 0.3) is 0 Å². The van der Waals surface area contributed by atoms with Gasteiger partial charge in [0.05, 0.1) is 11.4 Å². The number of fused-ring (bicyclic) bond motifs is 1. The number of rotatable bonds is 2. The second kappa shape index (κ2) is 5.09. The first kappa shape index (κ1) is 13.8. The highest BCUT2D eigenvalue weighted by Crippen LogP contribution is 2.25. The summed E-state index contributed by atoms with van der Waals surface area (Å²) in [6.45, 7) is 2.08. The SMILES string of the molecule is Cc1ccc(-c2cn3cc(-c4ccc(F)cc4)nc3n2C)cc1. The maximum absolute atomic E-state index is 13.1. The molecule has 0 saturated carbocycles. The fraction of sp³-hybridized carbons (Fsp3) is 0.105. The van der Waals surface area contributed by atoms with Crippen molar-refractivity contribution in [1.29, 1.82) is 0 Å². The van der Waals surface area contributed by atoms with Gasteiger partial charge in [-0.1, -0.05) is 29.8 Å². The van der Waals surface area contributed by atoms with Crippen molar-refractivity contribution in [3.05, 3.63) is 72.3 Å². The molecular weight excluding hydrogens is 289 g/mol. The number of nitrogens with zero attached hydrogens (tertiary/aromatic N) is 3. The van der Waals surface area contributed by atoms with Crippen LogP contribution in [0, 0.1) is 12.7 Å². The zero-order chi connectivity index (χ0) is 16.0. The molecule has 2 heterocycles. The highest BCUT2D eigenvalue weighted by atomic mass is 19.1. The predicted octanol–water partition coefficient (Wildman–Crippen LogP) is 4.45. The van der Waals surface area contributed by atoms with Gasteiger partial charge in [-0.3, -0.25) is 4.40 Å². The summed E-state index contributed by atoms with van der Waals surface area (Å²) in [5.41, 5.74) is 5.26. The standard InChI is InChI=1S/C19H16FN3/c1-13-3-5-15(6-4-13)18-12-23-11-17(21-19(23)22(18)2)14-7-9-16(20)10-8-14/h3-12H,1-2H3. The Hall–Kier alpha value is -2.88. The topological polar surface area (TPSA) is 22.2 Å². The van der Waals surface area contributed by atoms with Crippen LogP contribution in [0.15, 0.2) is 60.9 Å². The van der Waals surface area contributed by atoms with Crippen molar-refractivity contribution < 1.29 is 4.39 Å². The maximum atomic E-state index is 13.1. The summed E-state index contributed by atoms with van der Waals surface area (Å²) in [4.78, 5) is 4.68. The first-order valence-corrected chi connectivity index (χ1v) is 7.49. The van der Waals surface area contributed by atoms with Gasteiger partial charge in [0, 0.05) is 25.0 Å². The normalized spacial score (nSPS) is 11.3. The summed E-state index contributed by atoms with van der Waals surface area (Å²) in [6, 6.07) is 14.9. The smallest absolute Gasteiger partial charge is 0.214 e. The lowest BCUT2D eigenvalue weighted by Gasteiger charge is -2.03. The summed E-state index contributed by atoms with van der Waals surface area (Å²) in [7, 11) is 2.01. The molecule has 4 heteroatoms. The van der Waals surface area contributed by atoms with Crippen molar-refractivity contribution in [2.24, 2.45) is 7.05 Å². The van der Waals surface area contributed by atoms with Gasteiger partial charge < -0.3 is 4.57 Å². The van der Waals surface area contributed by atoms with Gasteiger partial charge in [0.1, 0.15) is 5.82 Å². The third kappa shape index (κ3) is 2.32. The third-order valence-corrected chi connectivity index (χ3v) is 4.12. The van der Waals surface area contributed by atoms with Crippen molar-refractivity contribution in [2.45, 2.75) is 6.92 Å². The van der Waals surface area contributed by atoms with Crippen LogP contribution in [0.1, 0.15) is 5.56 Å². The number of hydrogen-bond acceptors (Lipinski definition) is 1. The lowest BCUT2D eigenvalue weighted by molar-refractivity contribution is 0.628. The van der Waals surface area contributed by atoms with Crippen LogP contribution in [0.3, 0.4) is 0 Å². The zero-order valence-electron chi connectivity index (χ0n) is 13.0. The van der Waals surface area contributed by atoms with Gasteiger partial charge in [-0.25, -0.2) is 9.37 Å². The molecule has 3 nitrogen and oxygen atoms in total. The number of aromatic nitrogens is 3. The minimum Gasteiger partial charge on any atom is -0.313 e. The lowest BCUT2D eigenvalue weighted by Crippen LogP contribution is -1.92. The van der Waals surface area contributed by atoms with Gasteiger partial charge in [-0.2, -0.15) is 0 Å². The molecule has 0 amide bonds. The molecule has 0 bridgehead atoms. The van der Waals surface area contributed by atoms with Crippen LogP contribution < -0.4 is 0 Å². The van der Waals surface area contributed by atoms with E-state index in [1.54, 1.807) is 12.1 Å². The molecule has 4 aromatic rings. The van der Waals surface area contributed by atoms with E-state index in [0.29, 0.717) is 0 Å². The van der Waals surface area contributed by atoms with E-state index in [2.05, 4.69) is 46.9 Å². The summed E-state index contributed by atoms with van der Waals surface area (Å²) < 4.78 is 17.1. The Morgan fingerprint density at radius 3 is 2.17 bits per heavy atom. The van der Waals surface area contributed by atoms with E-state index < -0.39 is 0 Å². The molecule has 0 aliphatic carbocycles. The molecule has 0 N–H and O–H groups in total. The van der Waals surface area contributed by atoms with Gasteiger partial charge >= 0.3 is 0 Å². The number of imidazole rings is 2. The van der Waals surface area contributed by atoms with Crippen molar-refractivity contribution in [2.75, 3.05) is 0 Å². The van der Waals surface area contributed by atoms with Crippen molar-refractivity contribution in [1.82, 2.24) is 14.0 Å². The highest BCUT2D eigenvalue weighted by Gasteiger charge is 2.12. The Labute approximate surface area is 133 Å². The monoisotopic (exact) mass is 305 g/mol. The molecule has 0 saturated heterocycles. The van der Waals surface area contributed by atoms with Gasteiger partial charge in [0.15, 0.2) is 0 Å². The molecule has 0 fully saturated rings. The Morgan fingerprint density at radius 2 is 1.52 bits per heavy atom. The Kier molecular flexibility index (Phi) is 3.05. The minimum absolute atomic E-state index is 0.237. The molecule has 23 heavy (non-hydrogen) atoms. The first-order chi connectivity index (χ1) is 11.1. The van der Waals surface area contributed by atoms with Gasteiger partial charge in [0.2, 0.25) is 5.78 Å². The molecule has 2 aromatic heterocycles. The van der Waals surface area contributed by atoms with Crippen molar-refractivity contribution in [3.8, 4) is 22.5 Å². The van der Waals surface area contributed by atoms with Crippen molar-refractivity contribution in [3.63, 3.8) is 0 Å². The van der Waals surface area contributed by atoms with E-state index in [1.807, 2.05) is 17.6 Å². The summed E-state index contributed by atoms with van der Waals surface area (Å²) in [5.74, 6) is 0.624. The molecule has 0 spiro atoms. The zero-order valence-corrected chi connectivity index (χ0v) is 13.0. The van der Waals surface area contributed by atoms with Gasteiger partial charge in [-0.15, -0.1) is 0 Å². The number of benzene rings is 2. The fourth-order valence-electron chi connectivity index (χ4n) is 2.81. The van der Waals surface area contributed by atoms with Crippen LogP contribution in [0.2, 0.25) is 0 Å². The summed E-state index contributed by atoms with van der Waals surface area (Å²) in [5, 5.41) is 0. The molecule has 114 valence electrons. The third-order valence-electron chi connectivity index (χ3n) is 4.12. The average molecular weight is 305 g/mol. The predicted molar refractivity (Wildman–Crippen MR) is 89.7 cm³/mol. The maximum Gasteiger partial charge on any atom is 0.214 e. The average Bonchev–Trinajstić information content (AvgIpc) is 3.09. The largest absolute Gasteiger partial charge is 0.313 e. The van der Waals surface area contributed by atoms with Crippen molar-refractivity contribution >= 4 is 5.78 Å². The van der Waals surface area contributed by atoms with E-state index in [1.165, 1.54) is 17.7 Å². The van der Waals surface area contributed by atoms with Crippen LogP contribution in [0.4, 0.5) is 4.39 Å². The van der Waals surface area contributed by atoms with Crippen LogP contribution in [-0.4, -0.2) is 14.0 Å². The molecule has 2 aromatic carbocycles. The van der Waals surface area contributed by atoms with Crippen LogP contribution >= 0.6 is 0 Å². The number of hydrogen-bond donors (Lipinski definition) is 0. The molecule has 4 rings (SSSR count). The van der Waals surface area contributed by atoms with Crippen LogP contribution in [0.25, 0.3) is 28.3 Å². The van der Waals surface area contributed by atoms with E-state index in [0.717, 1.165) is 28.3 Å². The van der Waals surface area contributed by atoms with E-state index >= 15 is 0 Å².